The van der Waals surface area contributed by atoms with Gasteiger partial charge < -0.3 is 5.32 Å². The number of hydrogen-bond donors (Lipinski definition) is 1. The van der Waals surface area contributed by atoms with E-state index < -0.39 is 9.84 Å². The predicted octanol–water partition coefficient (Wildman–Crippen LogP) is 3.63. The Hall–Kier alpha value is -1.81. The van der Waals surface area contributed by atoms with Crippen LogP contribution in [0.1, 0.15) is 29.2 Å². The summed E-state index contributed by atoms with van der Waals surface area (Å²) in [7, 11) is -3.13. The molecule has 1 heterocycles. The van der Waals surface area contributed by atoms with E-state index in [-0.39, 0.29) is 11.8 Å². The average Bonchev–Trinajstić information content (AvgIpc) is 2.46. The first-order chi connectivity index (χ1) is 9.97. The van der Waals surface area contributed by atoms with E-state index in [0.717, 1.165) is 11.3 Å². The van der Waals surface area contributed by atoms with E-state index in [1.54, 1.807) is 12.1 Å². The van der Waals surface area contributed by atoms with Gasteiger partial charge in [0.2, 0.25) is 0 Å². The molecule has 0 saturated carbocycles. The number of hydrogen-bond acceptors (Lipinski definition) is 3. The van der Waals surface area contributed by atoms with E-state index >= 15 is 0 Å². The molecule has 21 heavy (non-hydrogen) atoms. The van der Waals surface area contributed by atoms with E-state index in [2.05, 4.69) is 37.4 Å². The lowest BCUT2D eigenvalue weighted by molar-refractivity contribution is 0.576. The lowest BCUT2D eigenvalue weighted by atomic mass is 10.0. The van der Waals surface area contributed by atoms with E-state index in [1.165, 1.54) is 11.1 Å². The molecule has 0 aliphatic carbocycles. The third-order valence-electron chi connectivity index (χ3n) is 4.03. The van der Waals surface area contributed by atoms with Crippen molar-refractivity contribution in [2.24, 2.45) is 0 Å². The van der Waals surface area contributed by atoms with Gasteiger partial charge in [-0.15, -0.1) is 0 Å². The highest BCUT2D eigenvalue weighted by Crippen LogP contribution is 2.35. The maximum atomic E-state index is 12.2. The topological polar surface area (TPSA) is 46.2 Å². The Morgan fingerprint density at radius 2 is 1.86 bits per heavy atom. The van der Waals surface area contributed by atoms with Gasteiger partial charge in [-0.2, -0.15) is 0 Å². The van der Waals surface area contributed by atoms with Crippen LogP contribution in [0, 0.1) is 13.8 Å². The molecule has 1 N–H and O–H groups in total. The van der Waals surface area contributed by atoms with Crippen molar-refractivity contribution in [2.75, 3.05) is 11.1 Å². The summed E-state index contributed by atoms with van der Waals surface area (Å²) < 4.78 is 24.3. The van der Waals surface area contributed by atoms with Crippen LogP contribution in [0.4, 0.5) is 5.69 Å². The van der Waals surface area contributed by atoms with E-state index in [1.807, 2.05) is 12.1 Å². The zero-order valence-corrected chi connectivity index (χ0v) is 13.1. The standard InChI is InChI=1S/C17H19NO2S/c1-12-7-8-13(2)16(11-12)18-15-9-10-21(19,20)17-6-4-3-5-14(15)17/h3-8,11,15,18H,9-10H2,1-2H3. The van der Waals surface area contributed by atoms with E-state index in [0.29, 0.717) is 11.3 Å². The summed E-state index contributed by atoms with van der Waals surface area (Å²) in [6.45, 7) is 4.12. The molecule has 0 bridgehead atoms. The molecule has 1 unspecified atom stereocenters. The SMILES string of the molecule is Cc1ccc(C)c(NC2CCS(=O)(=O)c3ccccc32)c1. The van der Waals surface area contributed by atoms with Crippen molar-refractivity contribution in [1.82, 2.24) is 0 Å². The molecule has 110 valence electrons. The van der Waals surface area contributed by atoms with Gasteiger partial charge in [-0.25, -0.2) is 8.42 Å². The van der Waals surface area contributed by atoms with Crippen LogP contribution in [0.3, 0.4) is 0 Å². The first-order valence-electron chi connectivity index (χ1n) is 7.13. The molecule has 3 nitrogen and oxygen atoms in total. The fourth-order valence-electron chi connectivity index (χ4n) is 2.82. The van der Waals surface area contributed by atoms with Crippen LogP contribution < -0.4 is 5.32 Å². The largest absolute Gasteiger partial charge is 0.378 e. The minimum absolute atomic E-state index is 0.0465. The number of benzene rings is 2. The first kappa shape index (κ1) is 14.1. The molecular formula is C17H19NO2S. The monoisotopic (exact) mass is 301 g/mol. The number of sulfone groups is 1. The Bertz CT molecular complexity index is 781. The van der Waals surface area contributed by atoms with Crippen molar-refractivity contribution in [3.05, 3.63) is 59.2 Å². The zero-order chi connectivity index (χ0) is 15.0. The van der Waals surface area contributed by atoms with Crippen LogP contribution in [-0.4, -0.2) is 14.2 Å². The highest BCUT2D eigenvalue weighted by molar-refractivity contribution is 7.91. The van der Waals surface area contributed by atoms with Crippen LogP contribution in [-0.2, 0) is 9.84 Å². The zero-order valence-electron chi connectivity index (χ0n) is 12.3. The number of rotatable bonds is 2. The van der Waals surface area contributed by atoms with Crippen LogP contribution in [0.5, 0.6) is 0 Å². The third-order valence-corrected chi connectivity index (χ3v) is 5.84. The second-order valence-electron chi connectivity index (χ2n) is 5.66. The molecule has 1 aliphatic heterocycles. The smallest absolute Gasteiger partial charge is 0.178 e. The quantitative estimate of drug-likeness (QED) is 0.921. The molecule has 0 fully saturated rings. The van der Waals surface area contributed by atoms with Gasteiger partial charge in [0.05, 0.1) is 16.7 Å². The van der Waals surface area contributed by atoms with Gasteiger partial charge in [-0.3, -0.25) is 0 Å². The van der Waals surface area contributed by atoms with E-state index in [9.17, 15) is 8.42 Å². The molecule has 0 spiro atoms. The average molecular weight is 301 g/mol. The van der Waals surface area contributed by atoms with Gasteiger partial charge in [0, 0.05) is 5.69 Å². The third kappa shape index (κ3) is 2.68. The lowest BCUT2D eigenvalue weighted by Gasteiger charge is -2.27. The van der Waals surface area contributed by atoms with Crippen LogP contribution in [0.15, 0.2) is 47.4 Å². The minimum Gasteiger partial charge on any atom is -0.378 e. The molecule has 2 aromatic carbocycles. The van der Waals surface area contributed by atoms with Crippen LogP contribution in [0.25, 0.3) is 0 Å². The predicted molar refractivity (Wildman–Crippen MR) is 85.4 cm³/mol. The van der Waals surface area contributed by atoms with Crippen molar-refractivity contribution >= 4 is 15.5 Å². The summed E-state index contributed by atoms with van der Waals surface area (Å²) in [5.41, 5.74) is 4.32. The number of nitrogens with one attached hydrogen (secondary N) is 1. The van der Waals surface area contributed by atoms with Crippen molar-refractivity contribution < 1.29 is 8.42 Å². The summed E-state index contributed by atoms with van der Waals surface area (Å²) in [6.07, 6.45) is 0.604. The second-order valence-corrected chi connectivity index (χ2v) is 7.74. The van der Waals surface area contributed by atoms with Gasteiger partial charge in [0.15, 0.2) is 9.84 Å². The molecule has 3 rings (SSSR count). The van der Waals surface area contributed by atoms with E-state index in [4.69, 9.17) is 0 Å². The number of aryl methyl sites for hydroxylation is 2. The van der Waals surface area contributed by atoms with Gasteiger partial charge in [-0.05, 0) is 49.1 Å². The normalized spacial score (nSPS) is 19.8. The summed E-state index contributed by atoms with van der Waals surface area (Å²) >= 11 is 0. The Balaban J connectivity index is 1.99. The Morgan fingerprint density at radius 1 is 1.10 bits per heavy atom. The molecule has 0 saturated heterocycles. The summed E-state index contributed by atoms with van der Waals surface area (Å²) in [5.74, 6) is 0.201. The second kappa shape index (κ2) is 5.19. The first-order valence-corrected chi connectivity index (χ1v) is 8.78. The van der Waals surface area contributed by atoms with Crippen molar-refractivity contribution in [1.29, 1.82) is 0 Å². The van der Waals surface area contributed by atoms with Crippen molar-refractivity contribution in [3.8, 4) is 0 Å². The maximum Gasteiger partial charge on any atom is 0.178 e. The minimum atomic E-state index is -3.13. The van der Waals surface area contributed by atoms with Crippen LogP contribution >= 0.6 is 0 Å². The Labute approximate surface area is 125 Å². The fraction of sp³-hybridized carbons (Fsp3) is 0.294. The highest BCUT2D eigenvalue weighted by Gasteiger charge is 2.29. The summed E-state index contributed by atoms with van der Waals surface area (Å²) in [5, 5.41) is 3.52. The molecule has 1 atom stereocenters. The van der Waals surface area contributed by atoms with Crippen molar-refractivity contribution in [3.63, 3.8) is 0 Å². The number of anilines is 1. The molecule has 0 aromatic heterocycles. The fourth-order valence-corrected chi connectivity index (χ4v) is 4.44. The molecule has 0 amide bonds. The van der Waals surface area contributed by atoms with Crippen molar-refractivity contribution in [2.45, 2.75) is 31.2 Å². The molecule has 4 heteroatoms. The Kier molecular flexibility index (Phi) is 3.49. The molecule has 1 aliphatic rings. The number of fused-ring (bicyclic) bond motifs is 1. The lowest BCUT2D eigenvalue weighted by Crippen LogP contribution is -2.24. The Morgan fingerprint density at radius 3 is 2.67 bits per heavy atom. The molecule has 0 radical (unpaired) electrons. The van der Waals surface area contributed by atoms with Crippen LogP contribution in [0.2, 0.25) is 0 Å². The highest BCUT2D eigenvalue weighted by atomic mass is 32.2. The van der Waals surface area contributed by atoms with Gasteiger partial charge in [0.25, 0.3) is 0 Å². The molecule has 2 aromatic rings. The van der Waals surface area contributed by atoms with Gasteiger partial charge in [-0.1, -0.05) is 30.3 Å². The van der Waals surface area contributed by atoms with Gasteiger partial charge in [0.1, 0.15) is 0 Å². The summed E-state index contributed by atoms with van der Waals surface area (Å²) in [4.78, 5) is 0.471. The maximum absolute atomic E-state index is 12.2. The van der Waals surface area contributed by atoms with Gasteiger partial charge >= 0.3 is 0 Å². The summed E-state index contributed by atoms with van der Waals surface area (Å²) in [6, 6.07) is 13.6. The molecular weight excluding hydrogens is 282 g/mol.